The van der Waals surface area contributed by atoms with Gasteiger partial charge in [-0.05, 0) is 25.5 Å². The molecule has 0 aliphatic heterocycles. The number of nitrogens with two attached hydrogens (primary N) is 1. The van der Waals surface area contributed by atoms with Crippen LogP contribution in [0.25, 0.3) is 0 Å². The Labute approximate surface area is 117 Å². The molecule has 0 fully saturated rings. The van der Waals surface area contributed by atoms with Gasteiger partial charge in [0.15, 0.2) is 0 Å². The van der Waals surface area contributed by atoms with Gasteiger partial charge in [0, 0.05) is 12.7 Å². The highest BCUT2D eigenvalue weighted by atomic mass is 16.6. The number of pyridine rings is 1. The van der Waals surface area contributed by atoms with Crippen LogP contribution in [-0.2, 0) is 0 Å². The Balaban J connectivity index is 2.47. The standard InChI is InChI=1S/C14H16N4O2/c1-9-4-5-12(10(2)6-9)17(3)14-8-11(18(19)20)7-13(15)16-14/h4-8H,1-3H3,(H2,15,16). The Morgan fingerprint density at radius 2 is 1.95 bits per heavy atom. The molecular weight excluding hydrogens is 256 g/mol. The minimum Gasteiger partial charge on any atom is -0.383 e. The molecule has 0 spiro atoms. The molecule has 0 saturated heterocycles. The fourth-order valence-electron chi connectivity index (χ4n) is 2.10. The van der Waals surface area contributed by atoms with E-state index >= 15 is 0 Å². The monoisotopic (exact) mass is 272 g/mol. The van der Waals surface area contributed by atoms with Gasteiger partial charge in [-0.1, -0.05) is 17.7 Å². The van der Waals surface area contributed by atoms with Crippen molar-refractivity contribution in [2.24, 2.45) is 0 Å². The van der Waals surface area contributed by atoms with E-state index in [9.17, 15) is 10.1 Å². The Bertz CT molecular complexity index is 670. The van der Waals surface area contributed by atoms with Crippen LogP contribution >= 0.6 is 0 Å². The van der Waals surface area contributed by atoms with Crippen LogP contribution < -0.4 is 10.6 Å². The lowest BCUT2D eigenvalue weighted by molar-refractivity contribution is -0.384. The third-order valence-corrected chi connectivity index (χ3v) is 3.08. The lowest BCUT2D eigenvalue weighted by atomic mass is 10.1. The van der Waals surface area contributed by atoms with Gasteiger partial charge in [0.2, 0.25) is 0 Å². The predicted octanol–water partition coefficient (Wildman–Crippen LogP) is 2.96. The van der Waals surface area contributed by atoms with Crippen LogP contribution in [0.5, 0.6) is 0 Å². The number of aromatic nitrogens is 1. The maximum Gasteiger partial charge on any atom is 0.276 e. The molecule has 0 aliphatic rings. The third-order valence-electron chi connectivity index (χ3n) is 3.08. The summed E-state index contributed by atoms with van der Waals surface area (Å²) >= 11 is 0. The van der Waals surface area contributed by atoms with E-state index in [-0.39, 0.29) is 11.5 Å². The highest BCUT2D eigenvalue weighted by Crippen LogP contribution is 2.29. The van der Waals surface area contributed by atoms with Gasteiger partial charge in [-0.3, -0.25) is 10.1 Å². The van der Waals surface area contributed by atoms with Gasteiger partial charge in [-0.2, -0.15) is 0 Å². The molecule has 0 amide bonds. The molecule has 0 atom stereocenters. The van der Waals surface area contributed by atoms with Crippen molar-refractivity contribution >= 4 is 23.0 Å². The minimum atomic E-state index is -0.475. The highest BCUT2D eigenvalue weighted by molar-refractivity contribution is 5.66. The second-order valence-electron chi connectivity index (χ2n) is 4.71. The van der Waals surface area contributed by atoms with Crippen LogP contribution in [0.3, 0.4) is 0 Å². The van der Waals surface area contributed by atoms with Crippen LogP contribution in [0, 0.1) is 24.0 Å². The average Bonchev–Trinajstić information content (AvgIpc) is 2.37. The maximum atomic E-state index is 10.9. The van der Waals surface area contributed by atoms with Crippen molar-refractivity contribution < 1.29 is 4.92 Å². The van der Waals surface area contributed by atoms with E-state index in [1.165, 1.54) is 12.1 Å². The number of nitrogens with zero attached hydrogens (tertiary/aromatic N) is 3. The van der Waals surface area contributed by atoms with E-state index in [4.69, 9.17) is 5.73 Å². The number of nitro groups is 1. The van der Waals surface area contributed by atoms with Gasteiger partial charge in [0.05, 0.1) is 17.1 Å². The first-order valence-corrected chi connectivity index (χ1v) is 6.11. The summed E-state index contributed by atoms with van der Waals surface area (Å²) in [5.41, 5.74) is 8.73. The lowest BCUT2D eigenvalue weighted by Crippen LogP contribution is -2.13. The normalized spacial score (nSPS) is 10.3. The minimum absolute atomic E-state index is 0.0656. The van der Waals surface area contributed by atoms with Crippen LogP contribution in [0.1, 0.15) is 11.1 Å². The molecule has 6 heteroatoms. The molecule has 2 aromatic rings. The number of rotatable bonds is 3. The fraction of sp³-hybridized carbons (Fsp3) is 0.214. The Hall–Kier alpha value is -2.63. The van der Waals surface area contributed by atoms with Crippen molar-refractivity contribution in [3.63, 3.8) is 0 Å². The molecule has 1 aromatic heterocycles. The molecule has 2 N–H and O–H groups in total. The number of anilines is 3. The molecule has 0 bridgehead atoms. The van der Waals surface area contributed by atoms with Crippen LogP contribution in [-0.4, -0.2) is 17.0 Å². The maximum absolute atomic E-state index is 10.9. The molecule has 1 aromatic carbocycles. The summed E-state index contributed by atoms with van der Waals surface area (Å²) in [4.78, 5) is 16.4. The summed E-state index contributed by atoms with van der Waals surface area (Å²) < 4.78 is 0. The molecule has 0 aliphatic carbocycles. The van der Waals surface area contributed by atoms with Gasteiger partial charge in [-0.25, -0.2) is 4.98 Å². The van der Waals surface area contributed by atoms with E-state index in [0.717, 1.165) is 16.8 Å². The first-order chi connectivity index (χ1) is 9.38. The van der Waals surface area contributed by atoms with Crippen LogP contribution in [0.15, 0.2) is 30.3 Å². The number of hydrogen-bond acceptors (Lipinski definition) is 5. The van der Waals surface area contributed by atoms with Crippen molar-refractivity contribution in [2.75, 3.05) is 17.7 Å². The molecule has 0 saturated carbocycles. The van der Waals surface area contributed by atoms with Gasteiger partial charge in [0.1, 0.15) is 11.6 Å². The van der Waals surface area contributed by atoms with Crippen molar-refractivity contribution in [3.8, 4) is 0 Å². The average molecular weight is 272 g/mol. The number of benzene rings is 1. The Morgan fingerprint density at radius 3 is 2.55 bits per heavy atom. The van der Waals surface area contributed by atoms with Crippen molar-refractivity contribution in [3.05, 3.63) is 51.6 Å². The van der Waals surface area contributed by atoms with Crippen molar-refractivity contribution in [1.82, 2.24) is 4.98 Å². The van der Waals surface area contributed by atoms with E-state index < -0.39 is 4.92 Å². The van der Waals surface area contributed by atoms with E-state index in [1.807, 2.05) is 39.1 Å². The highest BCUT2D eigenvalue weighted by Gasteiger charge is 2.14. The number of aryl methyl sites for hydroxylation is 2. The van der Waals surface area contributed by atoms with Gasteiger partial charge in [0.25, 0.3) is 5.69 Å². The van der Waals surface area contributed by atoms with E-state index in [1.54, 1.807) is 4.90 Å². The molecule has 0 unspecified atom stereocenters. The third kappa shape index (κ3) is 2.69. The zero-order chi connectivity index (χ0) is 14.9. The lowest BCUT2D eigenvalue weighted by Gasteiger charge is -2.21. The molecule has 104 valence electrons. The van der Waals surface area contributed by atoms with Gasteiger partial charge < -0.3 is 10.6 Å². The Morgan fingerprint density at radius 1 is 1.25 bits per heavy atom. The summed E-state index contributed by atoms with van der Waals surface area (Å²) in [5, 5.41) is 10.9. The zero-order valence-corrected chi connectivity index (χ0v) is 11.6. The predicted molar refractivity (Wildman–Crippen MR) is 79.3 cm³/mol. The van der Waals surface area contributed by atoms with Crippen molar-refractivity contribution in [2.45, 2.75) is 13.8 Å². The summed E-state index contributed by atoms with van der Waals surface area (Å²) in [6.07, 6.45) is 0. The van der Waals surface area contributed by atoms with Crippen LogP contribution in [0.2, 0.25) is 0 Å². The summed E-state index contributed by atoms with van der Waals surface area (Å²) in [6, 6.07) is 8.66. The fourth-order valence-corrected chi connectivity index (χ4v) is 2.10. The van der Waals surface area contributed by atoms with Crippen LogP contribution in [0.4, 0.5) is 23.0 Å². The quantitative estimate of drug-likeness (QED) is 0.685. The molecule has 2 rings (SSSR count). The summed E-state index contributed by atoms with van der Waals surface area (Å²) in [6.45, 7) is 4.00. The second-order valence-corrected chi connectivity index (χ2v) is 4.71. The molecule has 1 heterocycles. The van der Waals surface area contributed by atoms with Gasteiger partial charge >= 0.3 is 0 Å². The Kier molecular flexibility index (Phi) is 3.56. The van der Waals surface area contributed by atoms with Crippen molar-refractivity contribution in [1.29, 1.82) is 0 Å². The zero-order valence-electron chi connectivity index (χ0n) is 11.6. The summed E-state index contributed by atoms with van der Waals surface area (Å²) in [7, 11) is 1.81. The molecule has 0 radical (unpaired) electrons. The topological polar surface area (TPSA) is 85.3 Å². The smallest absolute Gasteiger partial charge is 0.276 e. The van der Waals surface area contributed by atoms with E-state index in [0.29, 0.717) is 5.82 Å². The molecule has 20 heavy (non-hydrogen) atoms. The van der Waals surface area contributed by atoms with Gasteiger partial charge in [-0.15, -0.1) is 0 Å². The molecular formula is C14H16N4O2. The SMILES string of the molecule is Cc1ccc(N(C)c2cc([N+](=O)[O-])cc(N)n2)c(C)c1. The first-order valence-electron chi connectivity index (χ1n) is 6.11. The largest absolute Gasteiger partial charge is 0.383 e. The molecule has 6 nitrogen and oxygen atoms in total. The first kappa shape index (κ1) is 13.8. The second kappa shape index (κ2) is 5.16. The summed E-state index contributed by atoms with van der Waals surface area (Å²) in [5.74, 6) is 0.578. The number of nitrogen functional groups attached to an aromatic ring is 1. The number of hydrogen-bond donors (Lipinski definition) is 1. The van der Waals surface area contributed by atoms with E-state index in [2.05, 4.69) is 4.98 Å².